The Kier molecular flexibility index (Phi) is 9.17. The van der Waals surface area contributed by atoms with Gasteiger partial charge in [0.1, 0.15) is 18.2 Å². The van der Waals surface area contributed by atoms with E-state index >= 15 is 13.2 Å². The number of carbonyl (C=O) groups excluding carboxylic acids is 1. The second-order valence-electron chi connectivity index (χ2n) is 8.40. The molecule has 37 heavy (non-hydrogen) atoms. The molecule has 3 aromatic carbocycles. The predicted octanol–water partition coefficient (Wildman–Crippen LogP) is 4.40. The van der Waals surface area contributed by atoms with Gasteiger partial charge in [-0.05, 0) is 41.2 Å². The fourth-order valence-corrected chi connectivity index (χ4v) is 3.98. The van der Waals surface area contributed by atoms with E-state index in [0.29, 0.717) is 0 Å². The molecule has 0 aliphatic rings. The lowest BCUT2D eigenvalue weighted by Crippen LogP contribution is -2.27. The third kappa shape index (κ3) is 7.23. The first-order valence-corrected chi connectivity index (χ1v) is 11.6. The van der Waals surface area contributed by atoms with E-state index < -0.39 is 41.5 Å². The van der Waals surface area contributed by atoms with Crippen LogP contribution in [0.1, 0.15) is 24.0 Å². The maximum absolute atomic E-state index is 15.2. The summed E-state index contributed by atoms with van der Waals surface area (Å²) in [6, 6.07) is 9.76. The number of fused-ring (bicyclic) bond motifs is 1. The molecular formula is C25H26ClF4N5O2. The van der Waals surface area contributed by atoms with Crippen LogP contribution in [0, 0.1) is 11.6 Å². The van der Waals surface area contributed by atoms with E-state index in [1.807, 2.05) is 0 Å². The summed E-state index contributed by atoms with van der Waals surface area (Å²) in [6.07, 6.45) is -0.233. The molecule has 7 N–H and O–H groups in total. The second kappa shape index (κ2) is 12.1. The number of alkyl halides is 2. The number of ketones is 1. The number of halogens is 5. The summed E-state index contributed by atoms with van der Waals surface area (Å²) in [4.78, 5) is 17.3. The summed E-state index contributed by atoms with van der Waals surface area (Å²) in [5.41, 5.74) is 15.3. The molecule has 198 valence electrons. The second-order valence-corrected chi connectivity index (χ2v) is 8.81. The van der Waals surface area contributed by atoms with E-state index in [2.05, 4.69) is 10.5 Å². The van der Waals surface area contributed by atoms with E-state index in [4.69, 9.17) is 33.6 Å². The highest BCUT2D eigenvalue weighted by Gasteiger charge is 2.34. The molecule has 1 atom stereocenters. The largest absolute Gasteiger partial charge is 0.393 e. The van der Waals surface area contributed by atoms with Gasteiger partial charge in [0.15, 0.2) is 5.82 Å². The summed E-state index contributed by atoms with van der Waals surface area (Å²) in [5.74, 6) is -5.68. The Labute approximate surface area is 215 Å². The first-order chi connectivity index (χ1) is 17.5. The van der Waals surface area contributed by atoms with Crippen molar-refractivity contribution in [3.63, 3.8) is 0 Å². The monoisotopic (exact) mass is 539 g/mol. The number of nitrogens with one attached hydrogen (secondary N) is 1. The van der Waals surface area contributed by atoms with Gasteiger partial charge in [0.2, 0.25) is 5.96 Å². The quantitative estimate of drug-likeness (QED) is 0.0887. The van der Waals surface area contributed by atoms with Crippen molar-refractivity contribution in [2.45, 2.75) is 31.2 Å². The van der Waals surface area contributed by atoms with Gasteiger partial charge in [0.05, 0.1) is 12.2 Å². The molecular weight excluding hydrogens is 514 g/mol. The summed E-state index contributed by atoms with van der Waals surface area (Å²) >= 11 is 6.09. The zero-order valence-corrected chi connectivity index (χ0v) is 20.4. The van der Waals surface area contributed by atoms with Crippen molar-refractivity contribution in [1.29, 1.82) is 0 Å². The van der Waals surface area contributed by atoms with Crippen LogP contribution in [-0.4, -0.2) is 30.9 Å². The van der Waals surface area contributed by atoms with Crippen molar-refractivity contribution in [3.05, 3.63) is 76.3 Å². The predicted molar refractivity (Wildman–Crippen MR) is 135 cm³/mol. The lowest BCUT2D eigenvalue weighted by atomic mass is 9.99. The Morgan fingerprint density at radius 3 is 2.49 bits per heavy atom. The Morgan fingerprint density at radius 2 is 1.78 bits per heavy atom. The van der Waals surface area contributed by atoms with E-state index in [-0.39, 0.29) is 58.9 Å². The highest BCUT2D eigenvalue weighted by molar-refractivity contribution is 6.31. The van der Waals surface area contributed by atoms with Crippen molar-refractivity contribution in [2.24, 2.45) is 22.4 Å². The summed E-state index contributed by atoms with van der Waals surface area (Å²) < 4.78 is 59.4. The number of hydrogen-bond acceptors (Lipinski definition) is 5. The standard InChI is InChI=1S/C25H26ClF4N5O2/c26-20-6-8-22(23(28)18(20)12-15(36)11-14(31)9-10-37-35-24(32)33)34-13-25(29,30)19-5-7-21(27)17-4-2-1-3-16(17)19/h1-8,14,34H,9-13,31H2,(H4,32,33,35)/t14-/m1/s1. The van der Waals surface area contributed by atoms with Crippen molar-refractivity contribution in [1.82, 2.24) is 0 Å². The van der Waals surface area contributed by atoms with Crippen LogP contribution in [-0.2, 0) is 22.0 Å². The van der Waals surface area contributed by atoms with Crippen LogP contribution >= 0.6 is 11.6 Å². The molecule has 0 spiro atoms. The average molecular weight is 540 g/mol. The van der Waals surface area contributed by atoms with Gasteiger partial charge in [-0.2, -0.15) is 8.78 Å². The van der Waals surface area contributed by atoms with Gasteiger partial charge in [0.25, 0.3) is 5.92 Å². The van der Waals surface area contributed by atoms with Gasteiger partial charge >= 0.3 is 0 Å². The van der Waals surface area contributed by atoms with Crippen molar-refractivity contribution in [2.75, 3.05) is 18.5 Å². The van der Waals surface area contributed by atoms with Gasteiger partial charge in [-0.25, -0.2) is 8.78 Å². The number of benzene rings is 3. The molecule has 0 saturated heterocycles. The molecule has 0 fully saturated rings. The molecule has 0 aliphatic heterocycles. The zero-order valence-electron chi connectivity index (χ0n) is 19.6. The third-order valence-corrected chi connectivity index (χ3v) is 5.92. The van der Waals surface area contributed by atoms with Crippen LogP contribution in [0.2, 0.25) is 5.02 Å². The van der Waals surface area contributed by atoms with Crippen LogP contribution in [0.25, 0.3) is 10.8 Å². The minimum Gasteiger partial charge on any atom is -0.393 e. The molecule has 0 amide bonds. The molecule has 0 radical (unpaired) electrons. The number of Topliss-reactive ketones (excluding diaryl/α,β-unsaturated/α-hetero) is 1. The number of nitrogens with two attached hydrogens (primary N) is 3. The van der Waals surface area contributed by atoms with Crippen molar-refractivity contribution >= 4 is 39.8 Å². The number of guanidine groups is 1. The fraction of sp³-hybridized carbons (Fsp3) is 0.280. The number of oxime groups is 1. The molecule has 3 aromatic rings. The van der Waals surface area contributed by atoms with Gasteiger partial charge in [-0.1, -0.05) is 35.9 Å². The van der Waals surface area contributed by atoms with E-state index in [1.54, 1.807) is 6.07 Å². The first kappa shape index (κ1) is 28.0. The van der Waals surface area contributed by atoms with Crippen LogP contribution in [0.3, 0.4) is 0 Å². The normalized spacial score (nSPS) is 12.3. The van der Waals surface area contributed by atoms with Crippen molar-refractivity contribution in [3.8, 4) is 0 Å². The highest BCUT2D eigenvalue weighted by Crippen LogP contribution is 2.36. The Bertz CT molecular complexity index is 1300. The summed E-state index contributed by atoms with van der Waals surface area (Å²) in [7, 11) is 0. The zero-order chi connectivity index (χ0) is 27.2. The molecule has 0 unspecified atom stereocenters. The Hall–Kier alpha value is -3.57. The molecule has 0 aliphatic carbocycles. The lowest BCUT2D eigenvalue weighted by molar-refractivity contribution is -0.118. The van der Waals surface area contributed by atoms with Gasteiger partial charge in [-0.15, -0.1) is 0 Å². The maximum Gasteiger partial charge on any atom is 0.290 e. The van der Waals surface area contributed by atoms with Gasteiger partial charge in [0, 0.05) is 40.4 Å². The molecule has 7 nitrogen and oxygen atoms in total. The molecule has 0 heterocycles. The molecule has 0 bridgehead atoms. The Morgan fingerprint density at radius 1 is 1.08 bits per heavy atom. The molecule has 0 saturated carbocycles. The molecule has 12 heteroatoms. The van der Waals surface area contributed by atoms with E-state index in [9.17, 15) is 9.18 Å². The van der Waals surface area contributed by atoms with Crippen LogP contribution in [0.5, 0.6) is 0 Å². The number of hydrogen-bond donors (Lipinski definition) is 4. The van der Waals surface area contributed by atoms with E-state index in [0.717, 1.165) is 12.1 Å². The summed E-state index contributed by atoms with van der Waals surface area (Å²) in [6.45, 7) is -0.909. The number of carbonyl (C=O) groups is 1. The minimum absolute atomic E-state index is 0.0302. The fourth-order valence-electron chi connectivity index (χ4n) is 3.77. The highest BCUT2D eigenvalue weighted by atomic mass is 35.5. The average Bonchev–Trinajstić information content (AvgIpc) is 2.84. The van der Waals surface area contributed by atoms with Gasteiger partial charge in [-0.3, -0.25) is 4.79 Å². The van der Waals surface area contributed by atoms with E-state index in [1.165, 1.54) is 30.3 Å². The van der Waals surface area contributed by atoms with Crippen LogP contribution in [0.4, 0.5) is 23.2 Å². The number of anilines is 1. The first-order valence-electron chi connectivity index (χ1n) is 11.2. The van der Waals surface area contributed by atoms with Crippen molar-refractivity contribution < 1.29 is 27.2 Å². The van der Waals surface area contributed by atoms with Crippen LogP contribution in [0.15, 0.2) is 53.7 Å². The Balaban J connectivity index is 1.69. The third-order valence-electron chi connectivity index (χ3n) is 5.57. The van der Waals surface area contributed by atoms with Crippen LogP contribution < -0.4 is 22.5 Å². The lowest BCUT2D eigenvalue weighted by Gasteiger charge is -2.21. The molecule has 0 aromatic heterocycles. The smallest absolute Gasteiger partial charge is 0.290 e. The topological polar surface area (TPSA) is 129 Å². The minimum atomic E-state index is -3.47. The number of nitrogens with zero attached hydrogens (tertiary/aromatic N) is 1. The number of rotatable bonds is 12. The summed E-state index contributed by atoms with van der Waals surface area (Å²) in [5, 5.41) is 5.81. The maximum atomic E-state index is 15.2. The molecule has 3 rings (SSSR count). The van der Waals surface area contributed by atoms with Gasteiger partial charge < -0.3 is 27.4 Å². The SMILES string of the molecule is NC(N)=NOCC[C@@H](N)CC(=O)Cc1c(Cl)ccc(NCC(F)(F)c2ccc(F)c3ccccc23)c1F.